The monoisotopic (exact) mass is 349 g/mol. The third-order valence-corrected chi connectivity index (χ3v) is 4.52. The summed E-state index contributed by atoms with van der Waals surface area (Å²) in [7, 11) is 0. The van der Waals surface area contributed by atoms with Crippen LogP contribution in [0.3, 0.4) is 0 Å². The molecule has 1 N–H and O–H groups in total. The summed E-state index contributed by atoms with van der Waals surface area (Å²) in [6.07, 6.45) is 2.39. The fraction of sp³-hybridized carbons (Fsp3) is 0.250. The number of nitrogens with one attached hydrogen (secondary N) is 1. The second-order valence-electron chi connectivity index (χ2n) is 4.92. The molecule has 1 atom stereocenters. The lowest BCUT2D eigenvalue weighted by Gasteiger charge is -2.17. The molecule has 1 aliphatic rings. The van der Waals surface area contributed by atoms with E-state index in [4.69, 9.17) is 0 Å². The van der Waals surface area contributed by atoms with E-state index in [-0.39, 0.29) is 0 Å². The fourth-order valence-corrected chi connectivity index (χ4v) is 3.18. The third kappa shape index (κ3) is 2.26. The summed E-state index contributed by atoms with van der Waals surface area (Å²) in [5, 5.41) is 3.69. The van der Waals surface area contributed by atoms with Crippen LogP contribution in [0.5, 0.6) is 0 Å². The smallest absolute Gasteiger partial charge is 0.0520 e. The Labute approximate surface area is 122 Å². The Kier molecular flexibility index (Phi) is 3.29. The van der Waals surface area contributed by atoms with E-state index in [9.17, 15) is 0 Å². The first-order valence-corrected chi connectivity index (χ1v) is 7.42. The van der Waals surface area contributed by atoms with E-state index in [1.165, 1.54) is 38.8 Å². The molecule has 2 heteroatoms. The van der Waals surface area contributed by atoms with Crippen LogP contribution in [0.4, 0.5) is 5.69 Å². The van der Waals surface area contributed by atoms with Gasteiger partial charge in [0.2, 0.25) is 0 Å². The summed E-state index contributed by atoms with van der Waals surface area (Å²) in [5.41, 5.74) is 5.58. The van der Waals surface area contributed by atoms with Crippen molar-refractivity contribution in [1.29, 1.82) is 0 Å². The molecule has 3 rings (SSSR count). The molecule has 92 valence electrons. The SMILES string of the molecule is Cc1ccc2c(c1)C(Nc1ccccc1I)CC2. The largest absolute Gasteiger partial charge is 0.377 e. The van der Waals surface area contributed by atoms with Crippen LogP contribution in [-0.2, 0) is 6.42 Å². The number of benzene rings is 2. The van der Waals surface area contributed by atoms with Gasteiger partial charge in [0.1, 0.15) is 0 Å². The highest BCUT2D eigenvalue weighted by atomic mass is 127. The minimum Gasteiger partial charge on any atom is -0.377 e. The van der Waals surface area contributed by atoms with Crippen molar-refractivity contribution in [2.45, 2.75) is 25.8 Å². The molecule has 2 aromatic carbocycles. The van der Waals surface area contributed by atoms with Gasteiger partial charge in [-0.15, -0.1) is 0 Å². The molecule has 0 aromatic heterocycles. The van der Waals surface area contributed by atoms with Crippen molar-refractivity contribution < 1.29 is 0 Å². The number of halogens is 1. The highest BCUT2D eigenvalue weighted by Crippen LogP contribution is 2.35. The molecule has 1 unspecified atom stereocenters. The zero-order valence-corrected chi connectivity index (χ0v) is 12.6. The maximum Gasteiger partial charge on any atom is 0.0520 e. The summed E-state index contributed by atoms with van der Waals surface area (Å²) >= 11 is 2.39. The van der Waals surface area contributed by atoms with Crippen molar-refractivity contribution in [2.24, 2.45) is 0 Å². The molecule has 0 aliphatic heterocycles. The van der Waals surface area contributed by atoms with Crippen LogP contribution in [0.25, 0.3) is 0 Å². The van der Waals surface area contributed by atoms with E-state index in [0.29, 0.717) is 6.04 Å². The van der Waals surface area contributed by atoms with Crippen LogP contribution >= 0.6 is 22.6 Å². The summed E-state index contributed by atoms with van der Waals surface area (Å²) in [5.74, 6) is 0. The Morgan fingerprint density at radius 2 is 2.00 bits per heavy atom. The van der Waals surface area contributed by atoms with Crippen molar-refractivity contribution >= 4 is 28.3 Å². The Balaban J connectivity index is 1.89. The molecule has 0 saturated heterocycles. The molecule has 1 nitrogen and oxygen atoms in total. The molecule has 0 amide bonds. The molecule has 0 fully saturated rings. The second-order valence-corrected chi connectivity index (χ2v) is 6.08. The van der Waals surface area contributed by atoms with Gasteiger partial charge in [-0.25, -0.2) is 0 Å². The normalized spacial score (nSPS) is 17.6. The van der Waals surface area contributed by atoms with Gasteiger partial charge in [0.05, 0.1) is 6.04 Å². The van der Waals surface area contributed by atoms with E-state index >= 15 is 0 Å². The standard InChI is InChI=1S/C16H16IN/c1-11-6-7-12-8-9-15(13(12)10-11)18-16-5-3-2-4-14(16)17/h2-7,10,15,18H,8-9H2,1H3. The first-order chi connectivity index (χ1) is 8.74. The lowest BCUT2D eigenvalue weighted by Crippen LogP contribution is -2.08. The maximum atomic E-state index is 3.69. The van der Waals surface area contributed by atoms with Gasteiger partial charge in [-0.3, -0.25) is 0 Å². The van der Waals surface area contributed by atoms with Crippen molar-refractivity contribution in [3.63, 3.8) is 0 Å². The van der Waals surface area contributed by atoms with Crippen molar-refractivity contribution in [1.82, 2.24) is 0 Å². The Morgan fingerprint density at radius 3 is 2.83 bits per heavy atom. The number of aryl methyl sites for hydroxylation is 2. The quantitative estimate of drug-likeness (QED) is 0.775. The zero-order chi connectivity index (χ0) is 12.5. The van der Waals surface area contributed by atoms with Crippen LogP contribution in [0, 0.1) is 10.5 Å². The van der Waals surface area contributed by atoms with Gasteiger partial charge in [0, 0.05) is 9.26 Å². The summed E-state index contributed by atoms with van der Waals surface area (Å²) in [6, 6.07) is 15.8. The van der Waals surface area contributed by atoms with Crippen molar-refractivity contribution in [3.05, 3.63) is 62.7 Å². The number of rotatable bonds is 2. The van der Waals surface area contributed by atoms with Crippen LogP contribution in [0.15, 0.2) is 42.5 Å². The van der Waals surface area contributed by atoms with Crippen molar-refractivity contribution in [3.8, 4) is 0 Å². The Hall–Kier alpha value is -1.03. The lowest BCUT2D eigenvalue weighted by molar-refractivity contribution is 0.761. The number of hydrogen-bond donors (Lipinski definition) is 1. The minimum atomic E-state index is 0.468. The molecule has 1 aliphatic carbocycles. The summed E-state index contributed by atoms with van der Waals surface area (Å²) in [6.45, 7) is 2.17. The first kappa shape index (κ1) is 12.0. The Bertz CT molecular complexity index is 577. The average molecular weight is 349 g/mol. The molecule has 0 radical (unpaired) electrons. The number of para-hydroxylation sites is 1. The van der Waals surface area contributed by atoms with E-state index < -0.39 is 0 Å². The topological polar surface area (TPSA) is 12.0 Å². The molecule has 0 spiro atoms. The van der Waals surface area contributed by atoms with Gasteiger partial charge in [0.25, 0.3) is 0 Å². The molecule has 2 aromatic rings. The van der Waals surface area contributed by atoms with E-state index in [0.717, 1.165) is 0 Å². The number of hydrogen-bond acceptors (Lipinski definition) is 1. The molecule has 18 heavy (non-hydrogen) atoms. The molecular weight excluding hydrogens is 333 g/mol. The van der Waals surface area contributed by atoms with Gasteiger partial charge in [-0.1, -0.05) is 35.9 Å². The van der Waals surface area contributed by atoms with Crippen molar-refractivity contribution in [2.75, 3.05) is 5.32 Å². The first-order valence-electron chi connectivity index (χ1n) is 6.34. The lowest BCUT2D eigenvalue weighted by atomic mass is 10.0. The number of fused-ring (bicyclic) bond motifs is 1. The molecule has 0 heterocycles. The van der Waals surface area contributed by atoms with Crippen LogP contribution in [0.2, 0.25) is 0 Å². The predicted molar refractivity (Wildman–Crippen MR) is 85.0 cm³/mol. The van der Waals surface area contributed by atoms with Gasteiger partial charge < -0.3 is 5.32 Å². The van der Waals surface area contributed by atoms with Crippen LogP contribution in [-0.4, -0.2) is 0 Å². The van der Waals surface area contributed by atoms with Crippen LogP contribution < -0.4 is 5.32 Å². The fourth-order valence-electron chi connectivity index (χ4n) is 2.64. The number of anilines is 1. The summed E-state index contributed by atoms with van der Waals surface area (Å²) < 4.78 is 1.29. The van der Waals surface area contributed by atoms with Crippen LogP contribution in [0.1, 0.15) is 29.2 Å². The average Bonchev–Trinajstić information content (AvgIpc) is 2.75. The molecule has 0 saturated carbocycles. The van der Waals surface area contributed by atoms with E-state index in [1.54, 1.807) is 0 Å². The highest BCUT2D eigenvalue weighted by Gasteiger charge is 2.22. The van der Waals surface area contributed by atoms with Gasteiger partial charge >= 0.3 is 0 Å². The van der Waals surface area contributed by atoms with E-state index in [2.05, 4.69) is 77.3 Å². The van der Waals surface area contributed by atoms with E-state index in [1.807, 2.05) is 0 Å². The van der Waals surface area contributed by atoms with Gasteiger partial charge in [0.15, 0.2) is 0 Å². The maximum absolute atomic E-state index is 3.69. The summed E-state index contributed by atoms with van der Waals surface area (Å²) in [4.78, 5) is 0. The molecule has 0 bridgehead atoms. The van der Waals surface area contributed by atoms with Gasteiger partial charge in [-0.05, 0) is 65.6 Å². The Morgan fingerprint density at radius 1 is 1.17 bits per heavy atom. The second kappa shape index (κ2) is 4.92. The van der Waals surface area contributed by atoms with Gasteiger partial charge in [-0.2, -0.15) is 0 Å². The predicted octanol–water partition coefficient (Wildman–Crippen LogP) is 4.70. The zero-order valence-electron chi connectivity index (χ0n) is 10.4. The third-order valence-electron chi connectivity index (χ3n) is 3.58. The minimum absolute atomic E-state index is 0.468. The molecular formula is C16H16IN. The highest BCUT2D eigenvalue weighted by molar-refractivity contribution is 14.1.